The van der Waals surface area contributed by atoms with Gasteiger partial charge in [-0.3, -0.25) is 0 Å². The van der Waals surface area contributed by atoms with Crippen LogP contribution in [0.4, 0.5) is 0 Å². The van der Waals surface area contributed by atoms with Crippen LogP contribution in [0.25, 0.3) is 10.9 Å². The Morgan fingerprint density at radius 1 is 1.30 bits per heavy atom. The lowest BCUT2D eigenvalue weighted by atomic mass is 9.91. The molecule has 2 unspecified atom stereocenters. The molecule has 2 nitrogen and oxygen atoms in total. The number of fused-ring (bicyclic) bond motifs is 1. The van der Waals surface area contributed by atoms with Crippen molar-refractivity contribution in [2.75, 3.05) is 0 Å². The first-order valence-corrected chi connectivity index (χ1v) is 8.11. The van der Waals surface area contributed by atoms with Gasteiger partial charge < -0.3 is 0 Å². The highest BCUT2D eigenvalue weighted by atomic mass is 32.2. The Hall–Kier alpha value is -1.53. The number of aromatic nitrogens is 1. The minimum absolute atomic E-state index is 0.652. The van der Waals surface area contributed by atoms with Gasteiger partial charge in [0.25, 0.3) is 0 Å². The number of thioether (sulfide) groups is 1. The van der Waals surface area contributed by atoms with Gasteiger partial charge in [0.2, 0.25) is 0 Å². The summed E-state index contributed by atoms with van der Waals surface area (Å²) in [7, 11) is 0. The van der Waals surface area contributed by atoms with Gasteiger partial charge in [-0.25, -0.2) is 4.98 Å². The van der Waals surface area contributed by atoms with Gasteiger partial charge in [0.1, 0.15) is 0 Å². The summed E-state index contributed by atoms with van der Waals surface area (Å²) in [5.41, 5.74) is 1.67. The Labute approximate surface area is 124 Å². The second kappa shape index (κ2) is 5.85. The monoisotopic (exact) mass is 282 g/mol. The Morgan fingerprint density at radius 2 is 2.15 bits per heavy atom. The van der Waals surface area contributed by atoms with Crippen molar-refractivity contribution >= 4 is 22.7 Å². The van der Waals surface area contributed by atoms with Crippen molar-refractivity contribution in [2.24, 2.45) is 5.92 Å². The van der Waals surface area contributed by atoms with Crippen molar-refractivity contribution in [1.29, 1.82) is 5.26 Å². The molecule has 0 radical (unpaired) electrons. The third-order valence-electron chi connectivity index (χ3n) is 3.99. The number of rotatable bonds is 2. The first kappa shape index (κ1) is 13.5. The van der Waals surface area contributed by atoms with Crippen LogP contribution in [-0.2, 0) is 0 Å². The Bertz CT molecular complexity index is 660. The maximum absolute atomic E-state index is 9.32. The molecule has 1 saturated carbocycles. The van der Waals surface area contributed by atoms with Crippen LogP contribution in [0.2, 0.25) is 0 Å². The van der Waals surface area contributed by atoms with E-state index in [4.69, 9.17) is 4.98 Å². The van der Waals surface area contributed by atoms with Gasteiger partial charge in [-0.1, -0.05) is 38.0 Å². The Kier molecular flexibility index (Phi) is 3.93. The number of hydrogen-bond acceptors (Lipinski definition) is 3. The summed E-state index contributed by atoms with van der Waals surface area (Å²) in [4.78, 5) is 4.71. The van der Waals surface area contributed by atoms with E-state index in [1.807, 2.05) is 42.1 Å². The lowest BCUT2D eigenvalue weighted by Crippen LogP contribution is -2.15. The van der Waals surface area contributed by atoms with Gasteiger partial charge >= 0.3 is 0 Å². The molecular formula is C17H18N2S. The summed E-state index contributed by atoms with van der Waals surface area (Å²) in [5, 5.41) is 11.9. The van der Waals surface area contributed by atoms with E-state index >= 15 is 0 Å². The van der Waals surface area contributed by atoms with E-state index in [-0.39, 0.29) is 0 Å². The van der Waals surface area contributed by atoms with Gasteiger partial charge in [-0.15, -0.1) is 11.8 Å². The van der Waals surface area contributed by atoms with E-state index in [1.54, 1.807) is 0 Å². The molecule has 0 amide bonds. The average molecular weight is 282 g/mol. The predicted octanol–water partition coefficient (Wildman–Crippen LogP) is 4.78. The number of benzene rings is 1. The van der Waals surface area contributed by atoms with Gasteiger partial charge in [0.15, 0.2) is 0 Å². The first-order valence-electron chi connectivity index (χ1n) is 7.23. The van der Waals surface area contributed by atoms with Crippen molar-refractivity contribution < 1.29 is 0 Å². The smallest absolute Gasteiger partial charge is 0.0999 e. The molecule has 1 aliphatic rings. The largest absolute Gasteiger partial charge is 0.241 e. The first-order chi connectivity index (χ1) is 9.76. The maximum atomic E-state index is 9.32. The normalized spacial score (nSPS) is 22.6. The molecule has 102 valence electrons. The number of hydrogen-bond donors (Lipinski definition) is 0. The highest BCUT2D eigenvalue weighted by Gasteiger charge is 2.20. The zero-order chi connectivity index (χ0) is 13.9. The fourth-order valence-electron chi connectivity index (χ4n) is 2.96. The summed E-state index contributed by atoms with van der Waals surface area (Å²) in [6.07, 6.45) is 5.20. The molecule has 0 saturated heterocycles. The molecule has 3 heteroatoms. The lowest BCUT2D eigenvalue weighted by Gasteiger charge is -2.25. The minimum Gasteiger partial charge on any atom is -0.241 e. The zero-order valence-electron chi connectivity index (χ0n) is 11.7. The summed E-state index contributed by atoms with van der Waals surface area (Å²) in [6, 6.07) is 12.2. The van der Waals surface area contributed by atoms with Gasteiger partial charge in [-0.05, 0) is 30.9 Å². The molecule has 0 aliphatic heterocycles. The van der Waals surface area contributed by atoms with Crippen molar-refractivity contribution in [3.8, 4) is 6.07 Å². The lowest BCUT2D eigenvalue weighted by molar-refractivity contribution is 0.394. The third-order valence-corrected chi connectivity index (χ3v) is 5.20. The Balaban J connectivity index is 1.90. The second-order valence-corrected chi connectivity index (χ2v) is 6.97. The van der Waals surface area contributed by atoms with Crippen LogP contribution < -0.4 is 0 Å². The topological polar surface area (TPSA) is 36.7 Å². The van der Waals surface area contributed by atoms with Crippen LogP contribution in [0.15, 0.2) is 35.4 Å². The molecular weight excluding hydrogens is 264 g/mol. The van der Waals surface area contributed by atoms with E-state index in [1.165, 1.54) is 25.7 Å². The molecule has 2 atom stereocenters. The van der Waals surface area contributed by atoms with E-state index in [9.17, 15) is 5.26 Å². The second-order valence-electron chi connectivity index (χ2n) is 5.65. The maximum Gasteiger partial charge on any atom is 0.0999 e. The van der Waals surface area contributed by atoms with Crippen LogP contribution in [0, 0.1) is 17.2 Å². The fraction of sp³-hybridized carbons (Fsp3) is 0.412. The van der Waals surface area contributed by atoms with Crippen LogP contribution >= 0.6 is 11.8 Å². The number of pyridine rings is 1. The Morgan fingerprint density at radius 3 is 2.95 bits per heavy atom. The predicted molar refractivity (Wildman–Crippen MR) is 83.7 cm³/mol. The van der Waals surface area contributed by atoms with E-state index in [2.05, 4.69) is 13.0 Å². The molecule has 0 N–H and O–H groups in total. The van der Waals surface area contributed by atoms with Gasteiger partial charge in [-0.2, -0.15) is 5.26 Å². The number of nitriles is 1. The molecule has 1 aliphatic carbocycles. The highest BCUT2D eigenvalue weighted by Crippen LogP contribution is 2.36. The van der Waals surface area contributed by atoms with Crippen LogP contribution in [0.3, 0.4) is 0 Å². The summed E-state index contributed by atoms with van der Waals surface area (Å²) in [5.74, 6) is 0.817. The van der Waals surface area contributed by atoms with E-state index < -0.39 is 0 Å². The third kappa shape index (κ3) is 2.81. The van der Waals surface area contributed by atoms with Crippen LogP contribution in [0.5, 0.6) is 0 Å². The van der Waals surface area contributed by atoms with Gasteiger partial charge in [0, 0.05) is 10.6 Å². The minimum atomic E-state index is 0.652. The standard InChI is InChI=1S/C17H18N2S/c1-12-5-4-6-14(9-12)20-17-10-13(11-18)15-7-2-3-8-16(15)19-17/h2-3,7-8,10,12,14H,4-6,9H2,1H3. The molecule has 0 bridgehead atoms. The summed E-state index contributed by atoms with van der Waals surface area (Å²) in [6.45, 7) is 2.33. The molecule has 1 fully saturated rings. The van der Waals surface area contributed by atoms with Crippen LogP contribution in [0.1, 0.15) is 38.2 Å². The zero-order valence-corrected chi connectivity index (χ0v) is 12.5. The van der Waals surface area contributed by atoms with Gasteiger partial charge in [0.05, 0.1) is 22.2 Å². The van der Waals surface area contributed by atoms with Crippen LogP contribution in [-0.4, -0.2) is 10.2 Å². The van der Waals surface area contributed by atoms with Crippen molar-refractivity contribution in [2.45, 2.75) is 42.9 Å². The molecule has 3 rings (SSSR count). The number of para-hydroxylation sites is 1. The summed E-state index contributed by atoms with van der Waals surface area (Å²) >= 11 is 1.85. The molecule has 0 spiro atoms. The molecule has 2 aromatic rings. The fourth-order valence-corrected chi connectivity index (χ4v) is 4.35. The van der Waals surface area contributed by atoms with Crippen molar-refractivity contribution in [3.05, 3.63) is 35.9 Å². The van der Waals surface area contributed by atoms with E-state index in [0.717, 1.165) is 27.4 Å². The average Bonchev–Trinajstić information content (AvgIpc) is 2.46. The molecule has 20 heavy (non-hydrogen) atoms. The van der Waals surface area contributed by atoms with Crippen molar-refractivity contribution in [1.82, 2.24) is 4.98 Å². The van der Waals surface area contributed by atoms with E-state index in [0.29, 0.717) is 5.25 Å². The number of nitrogens with zero attached hydrogens (tertiary/aromatic N) is 2. The molecule has 1 aromatic carbocycles. The highest BCUT2D eigenvalue weighted by molar-refractivity contribution is 7.99. The van der Waals surface area contributed by atoms with Crippen molar-refractivity contribution in [3.63, 3.8) is 0 Å². The molecule has 1 aromatic heterocycles. The SMILES string of the molecule is CC1CCCC(Sc2cc(C#N)c3ccccc3n2)C1. The quantitative estimate of drug-likeness (QED) is 0.795. The summed E-state index contributed by atoms with van der Waals surface area (Å²) < 4.78 is 0. The molecule has 1 heterocycles.